The number of hydrogen-bond acceptors (Lipinski definition) is 3. The average Bonchev–Trinajstić information content (AvgIpc) is 2.67. The van der Waals surface area contributed by atoms with Gasteiger partial charge in [0.2, 0.25) is 0 Å². The van der Waals surface area contributed by atoms with E-state index in [2.05, 4.69) is 30.7 Å². The predicted molar refractivity (Wildman–Crippen MR) is 70.2 cm³/mol. The fourth-order valence-corrected chi connectivity index (χ4v) is 3.99. The van der Waals surface area contributed by atoms with E-state index in [0.717, 1.165) is 5.92 Å². The highest BCUT2D eigenvalue weighted by molar-refractivity contribution is 7.10. The number of nitrogens with one attached hydrogen (secondary N) is 1. The molecule has 3 unspecified atom stereocenters. The molecule has 1 aromatic heterocycles. The lowest BCUT2D eigenvalue weighted by molar-refractivity contribution is 0.226. The molecule has 3 atom stereocenters. The molecule has 1 saturated carbocycles. The number of aryl methyl sites for hydroxylation is 1. The molecule has 3 heteroatoms. The Morgan fingerprint density at radius 1 is 1.50 bits per heavy atom. The first-order valence-corrected chi connectivity index (χ1v) is 7.10. The van der Waals surface area contributed by atoms with Crippen LogP contribution in [0.4, 0.5) is 0 Å². The molecule has 0 saturated heterocycles. The van der Waals surface area contributed by atoms with Gasteiger partial charge in [-0.05, 0) is 48.6 Å². The van der Waals surface area contributed by atoms with E-state index in [1.807, 2.05) is 11.3 Å². The van der Waals surface area contributed by atoms with Gasteiger partial charge in [0.05, 0.1) is 6.04 Å². The van der Waals surface area contributed by atoms with Crippen molar-refractivity contribution in [3.8, 4) is 0 Å². The van der Waals surface area contributed by atoms with Crippen LogP contribution in [0.5, 0.6) is 0 Å². The second kappa shape index (κ2) is 5.30. The standard InChI is InChI=1S/C13H22N2S/c1-9-4-3-5-11(8-9)12(15-14)13-10(2)6-7-16-13/h6-7,9,11-12,15H,3-5,8,14H2,1-2H3. The van der Waals surface area contributed by atoms with Crippen molar-refractivity contribution in [3.05, 3.63) is 21.9 Å². The number of nitrogens with two attached hydrogens (primary N) is 1. The molecule has 1 fully saturated rings. The first-order chi connectivity index (χ1) is 7.72. The van der Waals surface area contributed by atoms with Gasteiger partial charge in [0.15, 0.2) is 0 Å². The molecule has 90 valence electrons. The lowest BCUT2D eigenvalue weighted by atomic mass is 9.78. The molecule has 1 heterocycles. The number of thiophene rings is 1. The van der Waals surface area contributed by atoms with Gasteiger partial charge in [0.1, 0.15) is 0 Å². The third-order valence-electron chi connectivity index (χ3n) is 3.81. The molecule has 0 amide bonds. The predicted octanol–water partition coefficient (Wildman–Crippen LogP) is 3.39. The van der Waals surface area contributed by atoms with Crippen molar-refractivity contribution < 1.29 is 0 Å². The summed E-state index contributed by atoms with van der Waals surface area (Å²) in [5.41, 5.74) is 4.43. The average molecular weight is 238 g/mol. The smallest absolute Gasteiger partial charge is 0.0584 e. The third kappa shape index (κ3) is 2.47. The molecule has 0 radical (unpaired) electrons. The summed E-state index contributed by atoms with van der Waals surface area (Å²) in [5, 5.41) is 2.17. The summed E-state index contributed by atoms with van der Waals surface area (Å²) >= 11 is 1.83. The molecule has 0 aromatic carbocycles. The molecule has 0 bridgehead atoms. The summed E-state index contributed by atoms with van der Waals surface area (Å²) in [4.78, 5) is 1.43. The van der Waals surface area contributed by atoms with Crippen LogP contribution in [0, 0.1) is 18.8 Å². The Hall–Kier alpha value is -0.380. The second-order valence-electron chi connectivity index (χ2n) is 5.14. The number of hydrazine groups is 1. The van der Waals surface area contributed by atoms with Gasteiger partial charge in [0, 0.05) is 4.88 Å². The summed E-state index contributed by atoms with van der Waals surface area (Å²) in [6.07, 6.45) is 5.37. The third-order valence-corrected chi connectivity index (χ3v) is 4.91. The quantitative estimate of drug-likeness (QED) is 0.626. The minimum absolute atomic E-state index is 0.364. The van der Waals surface area contributed by atoms with E-state index in [-0.39, 0.29) is 0 Å². The Morgan fingerprint density at radius 3 is 2.88 bits per heavy atom. The van der Waals surface area contributed by atoms with Gasteiger partial charge in [-0.1, -0.05) is 19.8 Å². The van der Waals surface area contributed by atoms with Gasteiger partial charge in [-0.2, -0.15) is 0 Å². The largest absolute Gasteiger partial charge is 0.271 e. The minimum atomic E-state index is 0.364. The van der Waals surface area contributed by atoms with Crippen LogP contribution in [0.2, 0.25) is 0 Å². The molecule has 2 nitrogen and oxygen atoms in total. The van der Waals surface area contributed by atoms with E-state index in [4.69, 9.17) is 5.84 Å². The van der Waals surface area contributed by atoms with Crippen LogP contribution in [0.1, 0.15) is 49.1 Å². The number of rotatable bonds is 3. The van der Waals surface area contributed by atoms with E-state index in [1.54, 1.807) is 0 Å². The van der Waals surface area contributed by atoms with Gasteiger partial charge < -0.3 is 0 Å². The van der Waals surface area contributed by atoms with Gasteiger partial charge in [-0.15, -0.1) is 11.3 Å². The SMILES string of the molecule is Cc1ccsc1C(NN)C1CCCC(C)C1. The van der Waals surface area contributed by atoms with Crippen LogP contribution in [0.15, 0.2) is 11.4 Å². The highest BCUT2D eigenvalue weighted by Gasteiger charge is 2.28. The molecule has 0 aliphatic heterocycles. The molecule has 1 aliphatic carbocycles. The summed E-state index contributed by atoms with van der Waals surface area (Å²) < 4.78 is 0. The maximum atomic E-state index is 5.77. The minimum Gasteiger partial charge on any atom is -0.271 e. The monoisotopic (exact) mass is 238 g/mol. The molecule has 16 heavy (non-hydrogen) atoms. The zero-order chi connectivity index (χ0) is 11.5. The van der Waals surface area contributed by atoms with Crippen LogP contribution >= 0.6 is 11.3 Å². The summed E-state index contributed by atoms with van der Waals surface area (Å²) in [6.45, 7) is 4.55. The van der Waals surface area contributed by atoms with Crippen molar-refractivity contribution in [1.29, 1.82) is 0 Å². The molecule has 3 N–H and O–H groups in total. The molecule has 0 spiro atoms. The first kappa shape index (κ1) is 12.1. The van der Waals surface area contributed by atoms with Gasteiger partial charge in [-0.25, -0.2) is 0 Å². The molecular weight excluding hydrogens is 216 g/mol. The van der Waals surface area contributed by atoms with Crippen molar-refractivity contribution in [2.75, 3.05) is 0 Å². The van der Waals surface area contributed by atoms with Gasteiger partial charge in [0.25, 0.3) is 0 Å². The van der Waals surface area contributed by atoms with Gasteiger partial charge in [-0.3, -0.25) is 11.3 Å². The van der Waals surface area contributed by atoms with Gasteiger partial charge >= 0.3 is 0 Å². The van der Waals surface area contributed by atoms with E-state index in [1.165, 1.54) is 36.1 Å². The Morgan fingerprint density at radius 2 is 2.31 bits per heavy atom. The Bertz CT molecular complexity index is 334. The topological polar surface area (TPSA) is 38.0 Å². The summed E-state index contributed by atoms with van der Waals surface area (Å²) in [5.74, 6) is 7.34. The zero-order valence-corrected chi connectivity index (χ0v) is 11.0. The fourth-order valence-electron chi connectivity index (χ4n) is 2.91. The van der Waals surface area contributed by atoms with E-state index in [9.17, 15) is 0 Å². The highest BCUT2D eigenvalue weighted by atomic mass is 32.1. The van der Waals surface area contributed by atoms with Crippen LogP contribution in [-0.2, 0) is 0 Å². The van der Waals surface area contributed by atoms with Crippen LogP contribution in [0.25, 0.3) is 0 Å². The normalized spacial score (nSPS) is 27.9. The van der Waals surface area contributed by atoms with E-state index >= 15 is 0 Å². The highest BCUT2D eigenvalue weighted by Crippen LogP contribution is 2.39. The Balaban J connectivity index is 2.13. The lowest BCUT2D eigenvalue weighted by Gasteiger charge is -2.32. The van der Waals surface area contributed by atoms with Crippen molar-refractivity contribution in [3.63, 3.8) is 0 Å². The first-order valence-electron chi connectivity index (χ1n) is 6.22. The zero-order valence-electron chi connectivity index (χ0n) is 10.2. The summed E-state index contributed by atoms with van der Waals surface area (Å²) in [6, 6.07) is 2.55. The van der Waals surface area contributed by atoms with E-state index < -0.39 is 0 Å². The van der Waals surface area contributed by atoms with Crippen molar-refractivity contribution >= 4 is 11.3 Å². The number of hydrogen-bond donors (Lipinski definition) is 2. The Labute approximate surface area is 102 Å². The maximum absolute atomic E-state index is 5.77. The van der Waals surface area contributed by atoms with Crippen LogP contribution < -0.4 is 11.3 Å². The van der Waals surface area contributed by atoms with Crippen LogP contribution in [0.3, 0.4) is 0 Å². The fraction of sp³-hybridized carbons (Fsp3) is 0.692. The molecule has 1 aliphatic rings. The molecule has 1 aromatic rings. The van der Waals surface area contributed by atoms with Crippen molar-refractivity contribution in [1.82, 2.24) is 5.43 Å². The Kier molecular flexibility index (Phi) is 4.00. The second-order valence-corrected chi connectivity index (χ2v) is 6.09. The molecule has 2 rings (SSSR count). The van der Waals surface area contributed by atoms with Crippen molar-refractivity contribution in [2.24, 2.45) is 17.7 Å². The maximum Gasteiger partial charge on any atom is 0.0584 e. The lowest BCUT2D eigenvalue weighted by Crippen LogP contribution is -2.35. The molecular formula is C13H22N2S. The van der Waals surface area contributed by atoms with E-state index in [0.29, 0.717) is 12.0 Å². The van der Waals surface area contributed by atoms with Crippen LogP contribution in [-0.4, -0.2) is 0 Å². The van der Waals surface area contributed by atoms with Crippen molar-refractivity contribution in [2.45, 2.75) is 45.6 Å². The summed E-state index contributed by atoms with van der Waals surface area (Å²) in [7, 11) is 0.